The van der Waals surface area contributed by atoms with E-state index in [1.54, 1.807) is 9.80 Å². The SMILES string of the molecule is Nn1cnn2c(SCC(=O)N3CCN(C(=O)CSc4nnc5n(N)cnn45)CC3)nnc12. The van der Waals surface area contributed by atoms with Gasteiger partial charge in [-0.25, -0.2) is 9.35 Å². The number of rotatable bonds is 6. The van der Waals surface area contributed by atoms with E-state index in [1.165, 1.54) is 54.6 Å². The van der Waals surface area contributed by atoms with Gasteiger partial charge in [-0.05, 0) is 0 Å². The maximum Gasteiger partial charge on any atom is 0.273 e. The largest absolute Gasteiger partial charge is 0.338 e. The average Bonchev–Trinajstić information content (AvgIpc) is 3.56. The van der Waals surface area contributed by atoms with Gasteiger partial charge in [0.2, 0.25) is 22.1 Å². The van der Waals surface area contributed by atoms with Crippen LogP contribution in [0.4, 0.5) is 0 Å². The lowest BCUT2D eigenvalue weighted by Crippen LogP contribution is -2.51. The summed E-state index contributed by atoms with van der Waals surface area (Å²) >= 11 is 2.48. The number of carbonyl (C=O) groups is 2. The van der Waals surface area contributed by atoms with Crippen molar-refractivity contribution in [3.8, 4) is 0 Å². The van der Waals surface area contributed by atoms with Crippen LogP contribution >= 0.6 is 23.5 Å². The van der Waals surface area contributed by atoms with E-state index in [0.717, 1.165) is 0 Å². The molecule has 32 heavy (non-hydrogen) atoms. The Labute approximate surface area is 187 Å². The van der Waals surface area contributed by atoms with Crippen LogP contribution < -0.4 is 11.7 Å². The van der Waals surface area contributed by atoms with Crippen molar-refractivity contribution in [1.82, 2.24) is 58.8 Å². The highest BCUT2D eigenvalue weighted by Crippen LogP contribution is 2.18. The van der Waals surface area contributed by atoms with Crippen LogP contribution in [0.2, 0.25) is 0 Å². The molecular weight excluding hydrogens is 460 g/mol. The summed E-state index contributed by atoms with van der Waals surface area (Å²) < 4.78 is 5.47. The highest BCUT2D eigenvalue weighted by molar-refractivity contribution is 8.00. The zero-order valence-electron chi connectivity index (χ0n) is 16.6. The van der Waals surface area contributed by atoms with Crippen LogP contribution in [0.3, 0.4) is 0 Å². The Morgan fingerprint density at radius 1 is 0.750 bits per heavy atom. The third-order valence-corrected chi connectivity index (χ3v) is 6.68. The summed E-state index contributed by atoms with van der Waals surface area (Å²) in [6.07, 6.45) is 2.84. The second kappa shape index (κ2) is 8.19. The number of nitrogen functional groups attached to an aromatic ring is 2. The molecule has 18 heteroatoms. The first-order valence-electron chi connectivity index (χ1n) is 9.40. The fourth-order valence-corrected chi connectivity index (χ4v) is 4.75. The lowest BCUT2D eigenvalue weighted by molar-refractivity contribution is -0.136. The van der Waals surface area contributed by atoms with Crippen LogP contribution in [-0.2, 0) is 9.59 Å². The second-order valence-electron chi connectivity index (χ2n) is 6.80. The van der Waals surface area contributed by atoms with Gasteiger partial charge in [-0.1, -0.05) is 23.5 Å². The second-order valence-corrected chi connectivity index (χ2v) is 8.69. The summed E-state index contributed by atoms with van der Waals surface area (Å²) in [5.74, 6) is 12.4. The Hall–Kier alpha value is -3.54. The van der Waals surface area contributed by atoms with E-state index >= 15 is 0 Å². The van der Waals surface area contributed by atoms with Gasteiger partial charge in [-0.3, -0.25) is 9.59 Å². The van der Waals surface area contributed by atoms with Crippen LogP contribution in [0.25, 0.3) is 11.6 Å². The fraction of sp³-hybridized carbons (Fsp3) is 0.429. The highest BCUT2D eigenvalue weighted by Gasteiger charge is 2.25. The molecule has 0 saturated carbocycles. The van der Waals surface area contributed by atoms with Gasteiger partial charge in [-0.15, -0.1) is 20.4 Å². The van der Waals surface area contributed by atoms with Crippen molar-refractivity contribution in [2.75, 3.05) is 49.4 Å². The molecule has 0 atom stereocenters. The van der Waals surface area contributed by atoms with E-state index in [9.17, 15) is 9.59 Å². The van der Waals surface area contributed by atoms with Gasteiger partial charge in [-0.2, -0.15) is 19.2 Å². The first kappa shape index (κ1) is 20.4. The number of carbonyl (C=O) groups excluding carboxylic acids is 2. The van der Waals surface area contributed by atoms with Gasteiger partial charge >= 0.3 is 0 Å². The van der Waals surface area contributed by atoms with Crippen LogP contribution in [0.15, 0.2) is 23.0 Å². The molecule has 1 aliphatic heterocycles. The lowest BCUT2D eigenvalue weighted by atomic mass is 10.3. The summed E-state index contributed by atoms with van der Waals surface area (Å²) in [5, 5.41) is 25.0. The predicted octanol–water partition coefficient (Wildman–Crippen LogP) is -2.85. The van der Waals surface area contributed by atoms with Crippen LogP contribution in [-0.4, -0.2) is 108 Å². The van der Waals surface area contributed by atoms with Crippen molar-refractivity contribution in [1.29, 1.82) is 0 Å². The Morgan fingerprint density at radius 3 is 1.56 bits per heavy atom. The van der Waals surface area contributed by atoms with Crippen molar-refractivity contribution in [3.63, 3.8) is 0 Å². The topological polar surface area (TPSA) is 189 Å². The van der Waals surface area contributed by atoms with Crippen LogP contribution in [0.1, 0.15) is 0 Å². The quantitative estimate of drug-likeness (QED) is 0.213. The lowest BCUT2D eigenvalue weighted by Gasteiger charge is -2.34. The van der Waals surface area contributed by atoms with Gasteiger partial charge in [0.15, 0.2) is 0 Å². The molecular formula is C14H18N14O2S2. The number of fused-ring (bicyclic) bond motifs is 2. The molecule has 4 aromatic rings. The summed E-state index contributed by atoms with van der Waals surface area (Å²) in [4.78, 5) is 28.6. The molecule has 0 unspecified atom stereocenters. The molecule has 168 valence electrons. The molecule has 16 nitrogen and oxygen atoms in total. The Kier molecular flexibility index (Phi) is 5.21. The maximum atomic E-state index is 12.6. The van der Waals surface area contributed by atoms with Crippen molar-refractivity contribution < 1.29 is 9.59 Å². The van der Waals surface area contributed by atoms with E-state index in [-0.39, 0.29) is 23.3 Å². The van der Waals surface area contributed by atoms with Crippen LogP contribution in [0.5, 0.6) is 0 Å². The molecule has 2 amide bonds. The summed E-state index contributed by atoms with van der Waals surface area (Å²) in [6.45, 7) is 1.87. The molecule has 1 saturated heterocycles. The Balaban J connectivity index is 1.09. The molecule has 4 N–H and O–H groups in total. The van der Waals surface area contributed by atoms with Gasteiger partial charge in [0.1, 0.15) is 12.7 Å². The average molecular weight is 479 g/mol. The molecule has 1 fully saturated rings. The van der Waals surface area contributed by atoms with Gasteiger partial charge < -0.3 is 21.5 Å². The summed E-state index contributed by atoms with van der Waals surface area (Å²) in [6, 6.07) is 0. The smallest absolute Gasteiger partial charge is 0.273 e. The normalized spacial score (nSPS) is 14.6. The number of thioether (sulfide) groups is 2. The number of hydrogen-bond acceptors (Lipinski definition) is 12. The zero-order chi connectivity index (χ0) is 22.2. The fourth-order valence-electron chi connectivity index (χ4n) is 3.18. The highest BCUT2D eigenvalue weighted by atomic mass is 32.2. The van der Waals surface area contributed by atoms with Crippen LogP contribution in [0, 0.1) is 0 Å². The molecule has 4 aromatic heterocycles. The van der Waals surface area contributed by atoms with E-state index in [1.807, 2.05) is 0 Å². The number of nitrogens with zero attached hydrogens (tertiary/aromatic N) is 12. The summed E-state index contributed by atoms with van der Waals surface area (Å²) in [7, 11) is 0. The first-order chi connectivity index (χ1) is 15.5. The summed E-state index contributed by atoms with van der Waals surface area (Å²) in [5.41, 5.74) is 0. The third-order valence-electron chi connectivity index (χ3n) is 4.87. The molecule has 0 spiro atoms. The minimum Gasteiger partial charge on any atom is -0.338 e. The van der Waals surface area contributed by atoms with Gasteiger partial charge in [0.25, 0.3) is 11.6 Å². The molecule has 0 aromatic carbocycles. The monoisotopic (exact) mass is 478 g/mol. The number of hydrogen-bond donors (Lipinski definition) is 2. The van der Waals surface area contributed by atoms with Crippen molar-refractivity contribution in [2.45, 2.75) is 10.3 Å². The van der Waals surface area contributed by atoms with E-state index in [0.29, 0.717) is 48.0 Å². The third kappa shape index (κ3) is 3.66. The van der Waals surface area contributed by atoms with E-state index in [4.69, 9.17) is 11.7 Å². The molecule has 5 heterocycles. The minimum absolute atomic E-state index is 0.0383. The number of nitrogens with two attached hydrogens (primary N) is 2. The van der Waals surface area contributed by atoms with Crippen molar-refractivity contribution in [3.05, 3.63) is 12.7 Å². The number of amides is 2. The molecule has 0 aliphatic carbocycles. The number of aromatic nitrogens is 10. The zero-order valence-corrected chi connectivity index (χ0v) is 18.2. The number of piperazine rings is 1. The minimum atomic E-state index is -0.0383. The molecule has 1 aliphatic rings. The van der Waals surface area contributed by atoms with Crippen molar-refractivity contribution >= 4 is 46.9 Å². The molecule has 5 rings (SSSR count). The Morgan fingerprint density at radius 2 is 1.16 bits per heavy atom. The van der Waals surface area contributed by atoms with Gasteiger partial charge in [0, 0.05) is 26.2 Å². The maximum absolute atomic E-state index is 12.6. The van der Waals surface area contributed by atoms with Crippen molar-refractivity contribution in [2.24, 2.45) is 0 Å². The molecule has 0 radical (unpaired) electrons. The molecule has 0 bridgehead atoms. The van der Waals surface area contributed by atoms with Gasteiger partial charge in [0.05, 0.1) is 11.5 Å². The Bertz CT molecular complexity index is 1180. The predicted molar refractivity (Wildman–Crippen MR) is 112 cm³/mol. The van der Waals surface area contributed by atoms with E-state index < -0.39 is 0 Å². The van der Waals surface area contributed by atoms with E-state index in [2.05, 4.69) is 30.6 Å². The first-order valence-corrected chi connectivity index (χ1v) is 11.4. The standard InChI is InChI=1S/C14H18N14O2S2/c15-25-7-17-27-11(25)19-21-13(27)31-5-9(29)23-1-2-24(4-3-23)10(30)6-32-14-22-20-12-26(16)8-18-28(12)14/h7-8H,1-6,15-16H2.